The average molecular weight is 289 g/mol. The number of aromatic nitrogens is 2. The largest absolute Gasteiger partial charge is 0.496 e. The maximum Gasteiger partial charge on any atom is 0.241 e. The number of nitrogens with zero attached hydrogens (tertiary/aromatic N) is 3. The van der Waals surface area contributed by atoms with Crippen molar-refractivity contribution >= 4 is 0 Å². The fourth-order valence-electron chi connectivity index (χ4n) is 2.43. The summed E-state index contributed by atoms with van der Waals surface area (Å²) in [6.07, 6.45) is 0. The molecule has 0 bridgehead atoms. The van der Waals surface area contributed by atoms with E-state index < -0.39 is 0 Å². The first-order chi connectivity index (χ1) is 10.3. The van der Waals surface area contributed by atoms with E-state index in [1.807, 2.05) is 24.3 Å². The molecule has 1 aliphatic heterocycles. The third-order valence-electron chi connectivity index (χ3n) is 3.66. The Kier molecular flexibility index (Phi) is 4.17. The Balaban J connectivity index is 1.77. The van der Waals surface area contributed by atoms with Gasteiger partial charge in [0.15, 0.2) is 0 Å². The van der Waals surface area contributed by atoms with Crippen molar-refractivity contribution in [2.45, 2.75) is 19.5 Å². The monoisotopic (exact) mass is 289 g/mol. The summed E-state index contributed by atoms with van der Waals surface area (Å²) in [6.45, 7) is 5.15. The SMILES string of the molecule is COc1ccccc1-c1noc(CN2CCOC[C@H]2C)n1. The van der Waals surface area contributed by atoms with Crippen LogP contribution in [0.2, 0.25) is 0 Å². The zero-order valence-corrected chi connectivity index (χ0v) is 12.3. The van der Waals surface area contributed by atoms with Crippen LogP contribution in [0.1, 0.15) is 12.8 Å². The molecule has 0 spiro atoms. The van der Waals surface area contributed by atoms with Crippen LogP contribution in [0.15, 0.2) is 28.8 Å². The van der Waals surface area contributed by atoms with Crippen LogP contribution in [0.3, 0.4) is 0 Å². The fourth-order valence-corrected chi connectivity index (χ4v) is 2.43. The second-order valence-corrected chi connectivity index (χ2v) is 5.11. The van der Waals surface area contributed by atoms with E-state index in [0.717, 1.165) is 31.1 Å². The number of para-hydroxylation sites is 1. The summed E-state index contributed by atoms with van der Waals surface area (Å²) in [7, 11) is 1.63. The first kappa shape index (κ1) is 14.0. The number of benzene rings is 1. The first-order valence-electron chi connectivity index (χ1n) is 7.05. The summed E-state index contributed by atoms with van der Waals surface area (Å²) < 4.78 is 16.1. The van der Waals surface area contributed by atoms with E-state index in [4.69, 9.17) is 14.0 Å². The molecule has 2 aromatic rings. The molecule has 0 N–H and O–H groups in total. The van der Waals surface area contributed by atoms with Crippen LogP contribution in [0, 0.1) is 0 Å². The van der Waals surface area contributed by atoms with Gasteiger partial charge in [0.2, 0.25) is 11.7 Å². The lowest BCUT2D eigenvalue weighted by atomic mass is 10.2. The highest BCUT2D eigenvalue weighted by Gasteiger charge is 2.21. The molecule has 0 unspecified atom stereocenters. The highest BCUT2D eigenvalue weighted by atomic mass is 16.5. The summed E-state index contributed by atoms with van der Waals surface area (Å²) in [5.74, 6) is 1.91. The fraction of sp³-hybridized carbons (Fsp3) is 0.467. The van der Waals surface area contributed by atoms with Crippen molar-refractivity contribution < 1.29 is 14.0 Å². The molecule has 1 saturated heterocycles. The third kappa shape index (κ3) is 3.06. The summed E-state index contributed by atoms with van der Waals surface area (Å²) in [4.78, 5) is 6.76. The van der Waals surface area contributed by atoms with Crippen LogP contribution in [-0.2, 0) is 11.3 Å². The number of ether oxygens (including phenoxy) is 2. The van der Waals surface area contributed by atoms with Crippen molar-refractivity contribution in [1.82, 2.24) is 15.0 Å². The molecule has 6 heteroatoms. The molecule has 0 saturated carbocycles. The van der Waals surface area contributed by atoms with Crippen molar-refractivity contribution in [3.63, 3.8) is 0 Å². The molecule has 6 nitrogen and oxygen atoms in total. The first-order valence-corrected chi connectivity index (χ1v) is 7.05. The Morgan fingerprint density at radius 2 is 2.24 bits per heavy atom. The second kappa shape index (κ2) is 6.24. The van der Waals surface area contributed by atoms with Gasteiger partial charge in [-0.3, -0.25) is 4.90 Å². The van der Waals surface area contributed by atoms with Crippen LogP contribution in [-0.4, -0.2) is 48.0 Å². The van der Waals surface area contributed by atoms with Gasteiger partial charge in [-0.15, -0.1) is 0 Å². The summed E-state index contributed by atoms with van der Waals surface area (Å²) in [5, 5.41) is 4.06. The number of rotatable bonds is 4. The van der Waals surface area contributed by atoms with Gasteiger partial charge in [-0.05, 0) is 19.1 Å². The maximum absolute atomic E-state index is 5.43. The zero-order valence-electron chi connectivity index (χ0n) is 12.3. The predicted molar refractivity (Wildman–Crippen MR) is 77.0 cm³/mol. The Labute approximate surface area is 123 Å². The zero-order chi connectivity index (χ0) is 14.7. The molecule has 1 aromatic heterocycles. The molecular formula is C15H19N3O3. The molecule has 1 atom stereocenters. The minimum Gasteiger partial charge on any atom is -0.496 e. The lowest BCUT2D eigenvalue weighted by Gasteiger charge is -2.31. The third-order valence-corrected chi connectivity index (χ3v) is 3.66. The van der Waals surface area contributed by atoms with Crippen molar-refractivity contribution in [2.24, 2.45) is 0 Å². The van der Waals surface area contributed by atoms with E-state index in [1.54, 1.807) is 7.11 Å². The lowest BCUT2D eigenvalue weighted by molar-refractivity contribution is -0.00852. The average Bonchev–Trinajstić information content (AvgIpc) is 2.98. The highest BCUT2D eigenvalue weighted by Crippen LogP contribution is 2.27. The van der Waals surface area contributed by atoms with Gasteiger partial charge in [-0.1, -0.05) is 17.3 Å². The van der Waals surface area contributed by atoms with E-state index in [-0.39, 0.29) is 0 Å². The Morgan fingerprint density at radius 3 is 3.05 bits per heavy atom. The van der Waals surface area contributed by atoms with Gasteiger partial charge in [-0.25, -0.2) is 0 Å². The van der Waals surface area contributed by atoms with Gasteiger partial charge < -0.3 is 14.0 Å². The Morgan fingerprint density at radius 1 is 1.38 bits per heavy atom. The molecule has 0 aliphatic carbocycles. The molecule has 3 rings (SSSR count). The van der Waals surface area contributed by atoms with Crippen LogP contribution in [0.5, 0.6) is 5.75 Å². The van der Waals surface area contributed by atoms with Crippen molar-refractivity contribution in [3.05, 3.63) is 30.2 Å². The molecule has 0 radical (unpaired) electrons. The lowest BCUT2D eigenvalue weighted by Crippen LogP contribution is -2.42. The molecule has 21 heavy (non-hydrogen) atoms. The van der Waals surface area contributed by atoms with E-state index >= 15 is 0 Å². The van der Waals surface area contributed by atoms with Gasteiger partial charge in [0.25, 0.3) is 0 Å². The molecule has 1 aromatic carbocycles. The normalized spacial score (nSPS) is 19.6. The smallest absolute Gasteiger partial charge is 0.241 e. The summed E-state index contributed by atoms with van der Waals surface area (Å²) >= 11 is 0. The molecular weight excluding hydrogens is 270 g/mol. The Hall–Kier alpha value is -1.92. The van der Waals surface area contributed by atoms with Gasteiger partial charge in [0.05, 0.1) is 32.4 Å². The van der Waals surface area contributed by atoms with E-state index in [2.05, 4.69) is 22.0 Å². The van der Waals surface area contributed by atoms with Gasteiger partial charge >= 0.3 is 0 Å². The van der Waals surface area contributed by atoms with Gasteiger partial charge in [-0.2, -0.15) is 4.98 Å². The predicted octanol–water partition coefficient (Wildman–Crippen LogP) is 1.97. The second-order valence-electron chi connectivity index (χ2n) is 5.11. The minimum atomic E-state index is 0.361. The highest BCUT2D eigenvalue weighted by molar-refractivity contribution is 5.63. The molecule has 112 valence electrons. The van der Waals surface area contributed by atoms with Crippen molar-refractivity contribution in [3.8, 4) is 17.1 Å². The molecule has 1 fully saturated rings. The van der Waals surface area contributed by atoms with E-state index in [1.165, 1.54) is 0 Å². The summed E-state index contributed by atoms with van der Waals surface area (Å²) in [5.41, 5.74) is 0.838. The standard InChI is InChI=1S/C15H19N3O3/c1-11-10-20-8-7-18(11)9-14-16-15(17-21-14)12-5-3-4-6-13(12)19-2/h3-6,11H,7-10H2,1-2H3/t11-/m1/s1. The molecule has 0 amide bonds. The van der Waals surface area contributed by atoms with Crippen LogP contribution < -0.4 is 4.74 Å². The van der Waals surface area contributed by atoms with E-state index in [9.17, 15) is 0 Å². The number of morpholine rings is 1. The number of hydrogen-bond donors (Lipinski definition) is 0. The number of hydrogen-bond acceptors (Lipinski definition) is 6. The van der Waals surface area contributed by atoms with Crippen LogP contribution in [0.4, 0.5) is 0 Å². The Bertz CT molecular complexity index is 599. The topological polar surface area (TPSA) is 60.6 Å². The molecule has 2 heterocycles. The van der Waals surface area contributed by atoms with E-state index in [0.29, 0.717) is 24.3 Å². The van der Waals surface area contributed by atoms with Crippen molar-refractivity contribution in [2.75, 3.05) is 26.9 Å². The summed E-state index contributed by atoms with van der Waals surface area (Å²) in [6, 6.07) is 8.01. The molecule has 1 aliphatic rings. The van der Waals surface area contributed by atoms with Crippen LogP contribution in [0.25, 0.3) is 11.4 Å². The van der Waals surface area contributed by atoms with Gasteiger partial charge in [0, 0.05) is 12.6 Å². The number of methoxy groups -OCH3 is 1. The van der Waals surface area contributed by atoms with Gasteiger partial charge in [0.1, 0.15) is 5.75 Å². The minimum absolute atomic E-state index is 0.361. The van der Waals surface area contributed by atoms with Crippen LogP contribution >= 0.6 is 0 Å². The van der Waals surface area contributed by atoms with Crippen molar-refractivity contribution in [1.29, 1.82) is 0 Å². The quantitative estimate of drug-likeness (QED) is 0.857. The maximum atomic E-state index is 5.43.